The third-order valence-electron chi connectivity index (χ3n) is 2.69. The van der Waals surface area contributed by atoms with Crippen molar-refractivity contribution in [1.29, 1.82) is 5.26 Å². The lowest BCUT2D eigenvalue weighted by Crippen LogP contribution is -2.37. The molecule has 1 aliphatic rings. The van der Waals surface area contributed by atoms with Crippen LogP contribution in [-0.4, -0.2) is 37.1 Å². The first-order valence-corrected chi connectivity index (χ1v) is 5.20. The van der Waals surface area contributed by atoms with Crippen LogP contribution in [0.2, 0.25) is 0 Å². The highest BCUT2D eigenvalue weighted by molar-refractivity contribution is 4.80. The molecule has 1 N–H and O–H groups in total. The first kappa shape index (κ1) is 10.5. The van der Waals surface area contributed by atoms with Crippen molar-refractivity contribution < 1.29 is 0 Å². The van der Waals surface area contributed by atoms with Crippen molar-refractivity contribution in [2.75, 3.05) is 26.2 Å². The minimum Gasteiger partial charge on any atom is -0.315 e. The summed E-state index contributed by atoms with van der Waals surface area (Å²) in [6.07, 6.45) is 2.97. The standard InChI is InChI=1S/C10H19N3/c1-2-13(8-4-3-6-11)10-5-7-12-9-10/h10,12H,2-5,7-9H2,1H3. The van der Waals surface area contributed by atoms with Gasteiger partial charge in [-0.15, -0.1) is 0 Å². The molecule has 0 amide bonds. The van der Waals surface area contributed by atoms with Gasteiger partial charge in [-0.2, -0.15) is 5.26 Å². The second-order valence-electron chi connectivity index (χ2n) is 3.54. The number of nitrogens with zero attached hydrogens (tertiary/aromatic N) is 2. The fraction of sp³-hybridized carbons (Fsp3) is 0.900. The number of unbranched alkanes of at least 4 members (excludes halogenated alkanes) is 1. The van der Waals surface area contributed by atoms with Gasteiger partial charge in [-0.1, -0.05) is 6.92 Å². The van der Waals surface area contributed by atoms with Crippen molar-refractivity contribution in [1.82, 2.24) is 10.2 Å². The van der Waals surface area contributed by atoms with Crippen molar-refractivity contribution in [2.45, 2.75) is 32.2 Å². The van der Waals surface area contributed by atoms with Crippen LogP contribution in [0.15, 0.2) is 0 Å². The maximum absolute atomic E-state index is 8.44. The zero-order valence-electron chi connectivity index (χ0n) is 8.42. The molecule has 0 aromatic rings. The largest absolute Gasteiger partial charge is 0.315 e. The van der Waals surface area contributed by atoms with Gasteiger partial charge in [-0.25, -0.2) is 0 Å². The summed E-state index contributed by atoms with van der Waals surface area (Å²) in [5.41, 5.74) is 0. The van der Waals surface area contributed by atoms with Gasteiger partial charge in [0.1, 0.15) is 0 Å². The first-order valence-electron chi connectivity index (χ1n) is 5.20. The molecule has 0 saturated carbocycles. The van der Waals surface area contributed by atoms with Crippen LogP contribution in [0.5, 0.6) is 0 Å². The Morgan fingerprint density at radius 1 is 1.62 bits per heavy atom. The van der Waals surface area contributed by atoms with E-state index in [1.165, 1.54) is 6.42 Å². The fourth-order valence-corrected chi connectivity index (χ4v) is 1.91. The van der Waals surface area contributed by atoms with Crippen molar-refractivity contribution in [3.05, 3.63) is 0 Å². The molecule has 0 spiro atoms. The number of rotatable bonds is 5. The summed E-state index contributed by atoms with van der Waals surface area (Å²) in [5.74, 6) is 0. The van der Waals surface area contributed by atoms with E-state index < -0.39 is 0 Å². The van der Waals surface area contributed by atoms with Crippen LogP contribution in [0.4, 0.5) is 0 Å². The molecule has 1 unspecified atom stereocenters. The molecule has 0 bridgehead atoms. The molecule has 1 rings (SSSR count). The number of hydrogen-bond donors (Lipinski definition) is 1. The van der Waals surface area contributed by atoms with E-state index in [1.54, 1.807) is 0 Å². The lowest BCUT2D eigenvalue weighted by Gasteiger charge is -2.26. The molecule has 1 heterocycles. The van der Waals surface area contributed by atoms with Crippen LogP contribution < -0.4 is 5.32 Å². The number of likely N-dealkylation sites (N-methyl/N-ethyl adjacent to an activating group) is 1. The van der Waals surface area contributed by atoms with Gasteiger partial charge >= 0.3 is 0 Å². The van der Waals surface area contributed by atoms with E-state index in [0.29, 0.717) is 12.5 Å². The highest BCUT2D eigenvalue weighted by Crippen LogP contribution is 2.08. The van der Waals surface area contributed by atoms with Crippen molar-refractivity contribution in [3.63, 3.8) is 0 Å². The van der Waals surface area contributed by atoms with E-state index in [-0.39, 0.29) is 0 Å². The van der Waals surface area contributed by atoms with Crippen molar-refractivity contribution in [2.24, 2.45) is 0 Å². The maximum Gasteiger partial charge on any atom is 0.0622 e. The third-order valence-corrected chi connectivity index (χ3v) is 2.69. The number of nitrogens with one attached hydrogen (secondary N) is 1. The molecule has 0 aromatic heterocycles. The highest BCUT2D eigenvalue weighted by atomic mass is 15.2. The zero-order chi connectivity index (χ0) is 9.52. The predicted octanol–water partition coefficient (Wildman–Crippen LogP) is 0.974. The van der Waals surface area contributed by atoms with Gasteiger partial charge < -0.3 is 5.32 Å². The molecular weight excluding hydrogens is 162 g/mol. The highest BCUT2D eigenvalue weighted by Gasteiger charge is 2.19. The summed E-state index contributed by atoms with van der Waals surface area (Å²) in [6.45, 7) is 6.67. The topological polar surface area (TPSA) is 39.1 Å². The molecule has 0 aliphatic carbocycles. The summed E-state index contributed by atoms with van der Waals surface area (Å²) in [5, 5.41) is 11.8. The molecule has 3 nitrogen and oxygen atoms in total. The van der Waals surface area contributed by atoms with Gasteiger partial charge in [0.15, 0.2) is 0 Å². The van der Waals surface area contributed by atoms with Gasteiger partial charge in [-0.3, -0.25) is 4.90 Å². The second-order valence-corrected chi connectivity index (χ2v) is 3.54. The van der Waals surface area contributed by atoms with Crippen LogP contribution in [0.3, 0.4) is 0 Å². The lowest BCUT2D eigenvalue weighted by atomic mass is 10.2. The summed E-state index contributed by atoms with van der Waals surface area (Å²) >= 11 is 0. The van der Waals surface area contributed by atoms with E-state index in [2.05, 4.69) is 23.2 Å². The van der Waals surface area contributed by atoms with Crippen molar-refractivity contribution in [3.8, 4) is 6.07 Å². The molecule has 0 radical (unpaired) electrons. The Hall–Kier alpha value is -0.590. The quantitative estimate of drug-likeness (QED) is 0.642. The van der Waals surface area contributed by atoms with Crippen LogP contribution in [-0.2, 0) is 0 Å². The molecule has 1 fully saturated rings. The van der Waals surface area contributed by atoms with Gasteiger partial charge in [-0.05, 0) is 32.5 Å². The molecule has 13 heavy (non-hydrogen) atoms. The smallest absolute Gasteiger partial charge is 0.0622 e. The molecule has 1 saturated heterocycles. The first-order chi connectivity index (χ1) is 6.38. The Balaban J connectivity index is 2.21. The Bertz CT molecular complexity index is 167. The minimum atomic E-state index is 0.691. The Morgan fingerprint density at radius 2 is 2.46 bits per heavy atom. The van der Waals surface area contributed by atoms with Gasteiger partial charge in [0, 0.05) is 19.0 Å². The number of hydrogen-bond acceptors (Lipinski definition) is 3. The zero-order valence-corrected chi connectivity index (χ0v) is 8.42. The van der Waals surface area contributed by atoms with Gasteiger partial charge in [0.2, 0.25) is 0 Å². The summed E-state index contributed by atoms with van der Waals surface area (Å²) in [6, 6.07) is 2.91. The van der Waals surface area contributed by atoms with Crippen molar-refractivity contribution >= 4 is 0 Å². The average molecular weight is 181 g/mol. The number of nitriles is 1. The van der Waals surface area contributed by atoms with E-state index in [4.69, 9.17) is 5.26 Å². The van der Waals surface area contributed by atoms with Crippen LogP contribution in [0.1, 0.15) is 26.2 Å². The van der Waals surface area contributed by atoms with Crippen LogP contribution >= 0.6 is 0 Å². The lowest BCUT2D eigenvalue weighted by molar-refractivity contribution is 0.217. The van der Waals surface area contributed by atoms with E-state index in [0.717, 1.165) is 32.6 Å². The second kappa shape index (κ2) is 5.95. The van der Waals surface area contributed by atoms with Gasteiger partial charge in [0.05, 0.1) is 6.07 Å². The molecule has 74 valence electrons. The van der Waals surface area contributed by atoms with E-state index in [9.17, 15) is 0 Å². The molecular formula is C10H19N3. The average Bonchev–Trinajstić information content (AvgIpc) is 2.65. The Labute approximate surface area is 80.7 Å². The normalized spacial score (nSPS) is 22.1. The molecule has 1 atom stereocenters. The van der Waals surface area contributed by atoms with E-state index in [1.807, 2.05) is 0 Å². The monoisotopic (exact) mass is 181 g/mol. The molecule has 0 aromatic carbocycles. The third kappa shape index (κ3) is 3.33. The predicted molar refractivity (Wildman–Crippen MR) is 53.4 cm³/mol. The molecule has 1 aliphatic heterocycles. The van der Waals surface area contributed by atoms with Crippen LogP contribution in [0.25, 0.3) is 0 Å². The maximum atomic E-state index is 8.44. The Kier molecular flexibility index (Phi) is 4.81. The van der Waals surface area contributed by atoms with Gasteiger partial charge in [0.25, 0.3) is 0 Å². The molecule has 3 heteroatoms. The fourth-order valence-electron chi connectivity index (χ4n) is 1.91. The SMILES string of the molecule is CCN(CCCC#N)C1CCNC1. The van der Waals surface area contributed by atoms with Crippen LogP contribution in [0, 0.1) is 11.3 Å². The minimum absolute atomic E-state index is 0.691. The summed E-state index contributed by atoms with van der Waals surface area (Å²) in [7, 11) is 0. The summed E-state index contributed by atoms with van der Waals surface area (Å²) in [4.78, 5) is 2.48. The van der Waals surface area contributed by atoms with E-state index >= 15 is 0 Å². The summed E-state index contributed by atoms with van der Waals surface area (Å²) < 4.78 is 0. The Morgan fingerprint density at radius 3 is 3.00 bits per heavy atom.